The molecule has 2 heterocycles. The first kappa shape index (κ1) is 20.7. The van der Waals surface area contributed by atoms with E-state index in [1.807, 2.05) is 36.4 Å². The van der Waals surface area contributed by atoms with Gasteiger partial charge in [0, 0.05) is 5.39 Å². The molecule has 8 heteroatoms. The van der Waals surface area contributed by atoms with Gasteiger partial charge in [-0.05, 0) is 58.9 Å². The van der Waals surface area contributed by atoms with Crippen molar-refractivity contribution >= 4 is 54.6 Å². The highest BCUT2D eigenvalue weighted by atomic mass is 32.2. The molecule has 6 aromatic rings. The van der Waals surface area contributed by atoms with E-state index >= 15 is 0 Å². The molecular formula is C26H16N2O4S2. The molecule has 0 spiro atoms. The van der Waals surface area contributed by atoms with Crippen LogP contribution in [0.2, 0.25) is 0 Å². The average Bonchev–Trinajstić information content (AvgIpc) is 3.23. The SMILES string of the molecule is O=c1oc2ccccc2cc1Sc1nc2ccccc2n1S(=O)(=O)c1ccc2ccccc2c1. The van der Waals surface area contributed by atoms with Gasteiger partial charge in [0.2, 0.25) is 0 Å². The Balaban J connectivity index is 1.55. The van der Waals surface area contributed by atoms with Gasteiger partial charge in [0.25, 0.3) is 10.0 Å². The molecule has 4 aromatic carbocycles. The predicted octanol–water partition coefficient (Wildman–Crippen LogP) is 5.68. The number of nitrogens with zero attached hydrogens (tertiary/aromatic N) is 2. The third-order valence-electron chi connectivity index (χ3n) is 5.56. The molecule has 0 aliphatic carbocycles. The van der Waals surface area contributed by atoms with Crippen molar-refractivity contribution < 1.29 is 12.8 Å². The Morgan fingerprint density at radius 2 is 1.47 bits per heavy atom. The summed E-state index contributed by atoms with van der Waals surface area (Å²) < 4.78 is 34.4. The van der Waals surface area contributed by atoms with Crippen molar-refractivity contribution in [3.8, 4) is 0 Å². The number of hydrogen-bond donors (Lipinski definition) is 0. The number of fused-ring (bicyclic) bond motifs is 3. The summed E-state index contributed by atoms with van der Waals surface area (Å²) >= 11 is 0.973. The first-order valence-electron chi connectivity index (χ1n) is 10.4. The molecule has 0 saturated carbocycles. The van der Waals surface area contributed by atoms with Crippen molar-refractivity contribution in [3.63, 3.8) is 0 Å². The Labute approximate surface area is 198 Å². The van der Waals surface area contributed by atoms with Gasteiger partial charge in [0.15, 0.2) is 5.16 Å². The van der Waals surface area contributed by atoms with Crippen LogP contribution in [-0.2, 0) is 10.0 Å². The van der Waals surface area contributed by atoms with Crippen LogP contribution < -0.4 is 5.63 Å². The van der Waals surface area contributed by atoms with Crippen molar-refractivity contribution in [2.75, 3.05) is 0 Å². The number of aromatic nitrogens is 2. The summed E-state index contributed by atoms with van der Waals surface area (Å²) in [5.41, 5.74) is 0.863. The van der Waals surface area contributed by atoms with Crippen molar-refractivity contribution in [2.24, 2.45) is 0 Å². The molecule has 0 amide bonds. The molecule has 0 N–H and O–H groups in total. The van der Waals surface area contributed by atoms with Crippen LogP contribution in [0.25, 0.3) is 32.8 Å². The first-order chi connectivity index (χ1) is 16.5. The maximum absolute atomic E-state index is 13.9. The van der Waals surface area contributed by atoms with E-state index < -0.39 is 15.6 Å². The molecular weight excluding hydrogens is 468 g/mol. The highest BCUT2D eigenvalue weighted by Crippen LogP contribution is 2.33. The molecule has 0 saturated heterocycles. The number of para-hydroxylation sites is 3. The third kappa shape index (κ3) is 3.39. The smallest absolute Gasteiger partial charge is 0.350 e. The molecule has 0 unspecified atom stereocenters. The molecule has 0 fully saturated rings. The summed E-state index contributed by atoms with van der Waals surface area (Å²) in [5.74, 6) is 0. The topological polar surface area (TPSA) is 82.2 Å². The Hall–Kier alpha value is -3.88. The fourth-order valence-corrected chi connectivity index (χ4v) is 6.55. The fraction of sp³-hybridized carbons (Fsp3) is 0. The second-order valence-electron chi connectivity index (χ2n) is 7.70. The normalized spacial score (nSPS) is 12.0. The molecule has 34 heavy (non-hydrogen) atoms. The van der Waals surface area contributed by atoms with Gasteiger partial charge in [-0.1, -0.05) is 60.7 Å². The van der Waals surface area contributed by atoms with E-state index in [-0.39, 0.29) is 14.9 Å². The zero-order valence-corrected chi connectivity index (χ0v) is 19.2. The molecule has 166 valence electrons. The standard InChI is InChI=1S/C26H16N2O4S2/c29-25-24(16-19-9-3-6-12-23(19)32-25)33-26-27-21-10-4-5-11-22(21)28(26)34(30,31)20-14-13-17-7-1-2-8-18(17)15-20/h1-16H. The number of benzene rings is 4. The Morgan fingerprint density at radius 3 is 2.32 bits per heavy atom. The van der Waals surface area contributed by atoms with Gasteiger partial charge in [-0.3, -0.25) is 0 Å². The summed E-state index contributed by atoms with van der Waals surface area (Å²) in [5, 5.41) is 2.67. The minimum Gasteiger partial charge on any atom is -0.422 e. The van der Waals surface area contributed by atoms with E-state index in [1.165, 1.54) is 3.97 Å². The molecule has 2 aromatic heterocycles. The molecule has 0 bridgehead atoms. The zero-order chi connectivity index (χ0) is 23.3. The lowest BCUT2D eigenvalue weighted by atomic mass is 10.1. The van der Waals surface area contributed by atoms with Gasteiger partial charge in [0.1, 0.15) is 10.5 Å². The minimum absolute atomic E-state index is 0.141. The van der Waals surface area contributed by atoms with Gasteiger partial charge < -0.3 is 4.42 Å². The van der Waals surface area contributed by atoms with E-state index in [4.69, 9.17) is 4.42 Å². The fourth-order valence-electron chi connectivity index (χ4n) is 3.92. The van der Waals surface area contributed by atoms with Crippen LogP contribution in [0, 0.1) is 0 Å². The van der Waals surface area contributed by atoms with Gasteiger partial charge >= 0.3 is 5.63 Å². The highest BCUT2D eigenvalue weighted by Gasteiger charge is 2.26. The highest BCUT2D eigenvalue weighted by molar-refractivity contribution is 8.00. The summed E-state index contributed by atoms with van der Waals surface area (Å²) in [7, 11) is -4.02. The zero-order valence-electron chi connectivity index (χ0n) is 17.6. The third-order valence-corrected chi connectivity index (χ3v) is 8.34. The van der Waals surface area contributed by atoms with Crippen LogP contribution in [0.4, 0.5) is 0 Å². The Morgan fingerprint density at radius 1 is 0.765 bits per heavy atom. The van der Waals surface area contributed by atoms with Gasteiger partial charge in [-0.15, -0.1) is 0 Å². The summed E-state index contributed by atoms with van der Waals surface area (Å²) in [4.78, 5) is 17.6. The largest absolute Gasteiger partial charge is 0.422 e. The Kier molecular flexibility index (Phi) is 4.79. The van der Waals surface area contributed by atoms with E-state index in [0.717, 1.165) is 27.9 Å². The van der Waals surface area contributed by atoms with E-state index in [0.29, 0.717) is 16.6 Å². The summed E-state index contributed by atoms with van der Waals surface area (Å²) in [6.45, 7) is 0. The van der Waals surface area contributed by atoms with Crippen LogP contribution in [-0.4, -0.2) is 17.4 Å². The van der Waals surface area contributed by atoms with Crippen molar-refractivity contribution in [2.45, 2.75) is 14.9 Å². The molecule has 0 aliphatic rings. The quantitative estimate of drug-likeness (QED) is 0.299. The molecule has 6 rings (SSSR count). The lowest BCUT2D eigenvalue weighted by Crippen LogP contribution is -2.14. The van der Waals surface area contributed by atoms with E-state index in [9.17, 15) is 13.2 Å². The second kappa shape index (κ2) is 7.86. The van der Waals surface area contributed by atoms with Gasteiger partial charge in [0.05, 0.1) is 15.9 Å². The molecule has 6 nitrogen and oxygen atoms in total. The first-order valence-corrected chi connectivity index (χ1v) is 12.7. The van der Waals surface area contributed by atoms with Crippen molar-refractivity contribution in [1.29, 1.82) is 0 Å². The number of imidazole rings is 1. The van der Waals surface area contributed by atoms with Crippen LogP contribution in [0.5, 0.6) is 0 Å². The average molecular weight is 485 g/mol. The number of hydrogen-bond acceptors (Lipinski definition) is 6. The minimum atomic E-state index is -4.02. The summed E-state index contributed by atoms with van der Waals surface area (Å²) in [6, 6.07) is 28.5. The maximum Gasteiger partial charge on any atom is 0.350 e. The van der Waals surface area contributed by atoms with Gasteiger partial charge in [-0.25, -0.2) is 22.2 Å². The van der Waals surface area contributed by atoms with E-state index in [1.54, 1.807) is 60.7 Å². The molecule has 0 atom stereocenters. The Bertz CT molecular complexity index is 1890. The lowest BCUT2D eigenvalue weighted by Gasteiger charge is -2.11. The maximum atomic E-state index is 13.9. The van der Waals surface area contributed by atoms with Crippen LogP contribution in [0.3, 0.4) is 0 Å². The van der Waals surface area contributed by atoms with E-state index in [2.05, 4.69) is 4.98 Å². The van der Waals surface area contributed by atoms with Crippen LogP contribution in [0.15, 0.2) is 121 Å². The summed E-state index contributed by atoms with van der Waals surface area (Å²) in [6.07, 6.45) is 0. The van der Waals surface area contributed by atoms with Crippen LogP contribution in [0.1, 0.15) is 0 Å². The lowest BCUT2D eigenvalue weighted by molar-refractivity contribution is 0.543. The number of rotatable bonds is 4. The van der Waals surface area contributed by atoms with Gasteiger partial charge in [-0.2, -0.15) is 0 Å². The van der Waals surface area contributed by atoms with Crippen molar-refractivity contribution in [3.05, 3.63) is 107 Å². The molecule has 0 aliphatic heterocycles. The monoisotopic (exact) mass is 484 g/mol. The van der Waals surface area contributed by atoms with Crippen molar-refractivity contribution in [1.82, 2.24) is 8.96 Å². The molecule has 0 radical (unpaired) electrons. The predicted molar refractivity (Wildman–Crippen MR) is 133 cm³/mol. The van der Waals surface area contributed by atoms with Crippen LogP contribution >= 0.6 is 11.8 Å². The second-order valence-corrected chi connectivity index (χ2v) is 10.5.